The second kappa shape index (κ2) is 32.8. The Morgan fingerprint density at radius 1 is 0.600 bits per heavy atom. The number of hydrogen-bond donors (Lipinski definition) is 5. The molecule has 5 N–H and O–H groups in total. The average molecular weight is 731 g/mol. The quantitative estimate of drug-likeness (QED) is 0.0193. The number of aliphatic hydroxyl groups is 3. The van der Waals surface area contributed by atoms with Crippen LogP contribution in [0, 0.1) is 0 Å². The van der Waals surface area contributed by atoms with E-state index in [1.54, 1.807) is 42.5 Å². The van der Waals surface area contributed by atoms with Crippen LogP contribution in [0.5, 0.6) is 0 Å². The van der Waals surface area contributed by atoms with Gasteiger partial charge < -0.3 is 34.6 Å². The predicted octanol–water partition coefficient (Wildman–Crippen LogP) is 7.70. The largest absolute Gasteiger partial charge is 0.469 e. The lowest BCUT2D eigenvalue weighted by atomic mass is 10.0. The van der Waals surface area contributed by atoms with Gasteiger partial charge in [0.2, 0.25) is 0 Å². The minimum atomic E-state index is -4.85. The smallest absolute Gasteiger partial charge is 0.462 e. The Hall–Kier alpha value is -2.11. The fraction of sp³-hybridized carbons (Fsp3) is 0.737. The Balaban J connectivity index is 4.36. The van der Waals surface area contributed by atoms with Crippen LogP contribution in [0.2, 0.25) is 0 Å². The van der Waals surface area contributed by atoms with Crippen LogP contribution in [0.15, 0.2) is 48.6 Å². The summed E-state index contributed by atoms with van der Waals surface area (Å²) in [6.45, 7) is 3.27. The molecule has 0 heterocycles. The number of phosphoric ester groups is 1. The first-order valence-corrected chi connectivity index (χ1v) is 20.3. The molecule has 0 radical (unpaired) electrons. The molecule has 0 saturated carbocycles. The third-order valence-electron chi connectivity index (χ3n) is 7.97. The molecule has 4 atom stereocenters. The average Bonchev–Trinajstić information content (AvgIpc) is 3.07. The van der Waals surface area contributed by atoms with Crippen molar-refractivity contribution in [1.29, 1.82) is 0 Å². The molecule has 0 aromatic carbocycles. The van der Waals surface area contributed by atoms with Gasteiger partial charge in [0.05, 0.1) is 24.9 Å². The summed E-state index contributed by atoms with van der Waals surface area (Å²) in [5.74, 6) is -1.22. The summed E-state index contributed by atoms with van der Waals surface area (Å²) in [5, 5.41) is 30.2. The maximum Gasteiger partial charge on any atom is 0.469 e. The van der Waals surface area contributed by atoms with Crippen LogP contribution in [0.3, 0.4) is 0 Å². The summed E-state index contributed by atoms with van der Waals surface area (Å²) in [4.78, 5) is 42.7. The molecule has 11 nitrogen and oxygen atoms in total. The van der Waals surface area contributed by atoms with E-state index in [1.165, 1.54) is 57.4 Å². The highest BCUT2D eigenvalue weighted by molar-refractivity contribution is 7.46. The minimum absolute atomic E-state index is 0.0906. The summed E-state index contributed by atoms with van der Waals surface area (Å²) in [7, 11) is -4.85. The number of hydrogen-bond acceptors (Lipinski definition) is 9. The molecule has 0 unspecified atom stereocenters. The zero-order valence-electron chi connectivity index (χ0n) is 30.6. The first kappa shape index (κ1) is 47.9. The molecule has 0 aliphatic heterocycles. The van der Waals surface area contributed by atoms with E-state index in [0.717, 1.165) is 44.9 Å². The highest BCUT2D eigenvalue weighted by Crippen LogP contribution is 2.36. The van der Waals surface area contributed by atoms with Crippen molar-refractivity contribution in [3.63, 3.8) is 0 Å². The molecule has 0 aromatic rings. The Morgan fingerprint density at radius 3 is 1.68 bits per heavy atom. The number of ether oxygens (including phenoxy) is 2. The lowest BCUT2D eigenvalue weighted by Crippen LogP contribution is -2.29. The molecule has 0 bridgehead atoms. The van der Waals surface area contributed by atoms with Crippen LogP contribution in [0.4, 0.5) is 0 Å². The van der Waals surface area contributed by atoms with Crippen LogP contribution in [-0.2, 0) is 28.2 Å². The second-order valence-electron chi connectivity index (χ2n) is 12.8. The third kappa shape index (κ3) is 33.1. The van der Waals surface area contributed by atoms with Gasteiger partial charge in [-0.15, -0.1) is 0 Å². The fourth-order valence-electron chi connectivity index (χ4n) is 4.99. The van der Waals surface area contributed by atoms with Crippen LogP contribution < -0.4 is 0 Å². The van der Waals surface area contributed by atoms with Gasteiger partial charge in [-0.05, 0) is 25.7 Å². The molecule has 0 fully saturated rings. The van der Waals surface area contributed by atoms with Gasteiger partial charge in [-0.1, -0.05) is 152 Å². The Kier molecular flexibility index (Phi) is 31.4. The van der Waals surface area contributed by atoms with Gasteiger partial charge in [0.1, 0.15) is 6.61 Å². The molecule has 0 aliphatic rings. The second-order valence-corrected chi connectivity index (χ2v) is 14.0. The summed E-state index contributed by atoms with van der Waals surface area (Å²) >= 11 is 0. The van der Waals surface area contributed by atoms with Crippen LogP contribution in [0.25, 0.3) is 0 Å². The van der Waals surface area contributed by atoms with Crippen LogP contribution >= 0.6 is 7.82 Å². The number of carbonyl (C=O) groups is 2. The zero-order chi connectivity index (χ0) is 37.3. The van der Waals surface area contributed by atoms with Crippen molar-refractivity contribution in [2.45, 2.75) is 167 Å². The molecule has 0 spiro atoms. The van der Waals surface area contributed by atoms with Gasteiger partial charge in [-0.2, -0.15) is 0 Å². The maximum absolute atomic E-state index is 12.4. The lowest BCUT2D eigenvalue weighted by Gasteiger charge is -2.19. The van der Waals surface area contributed by atoms with Crippen molar-refractivity contribution < 1.29 is 53.3 Å². The van der Waals surface area contributed by atoms with E-state index >= 15 is 0 Å². The molecule has 12 heteroatoms. The van der Waals surface area contributed by atoms with E-state index < -0.39 is 57.4 Å². The molecule has 0 saturated heterocycles. The van der Waals surface area contributed by atoms with E-state index in [1.807, 2.05) is 0 Å². The number of carbonyl (C=O) groups excluding carboxylic acids is 2. The molecule has 0 amide bonds. The first-order valence-electron chi connectivity index (χ1n) is 18.8. The van der Waals surface area contributed by atoms with E-state index in [2.05, 4.69) is 18.4 Å². The SMILES string of the molecule is CCCCCCCCCCCCCCC(=O)OC[C@H](COP(=O)(O)O)OC(=O)CCC[C@H](O)[C@@H](O)/C=C/C=C/C=C\C=C\[C@@H](O)CCCCC. The van der Waals surface area contributed by atoms with Crippen molar-refractivity contribution in [3.8, 4) is 0 Å². The maximum atomic E-state index is 12.4. The Bertz CT molecular complexity index is 1000. The van der Waals surface area contributed by atoms with Gasteiger partial charge in [-0.3, -0.25) is 14.1 Å². The lowest BCUT2D eigenvalue weighted by molar-refractivity contribution is -0.161. The third-order valence-corrected chi connectivity index (χ3v) is 8.45. The first-order chi connectivity index (χ1) is 24.0. The van der Waals surface area contributed by atoms with Crippen LogP contribution in [0.1, 0.15) is 142 Å². The predicted molar refractivity (Wildman–Crippen MR) is 197 cm³/mol. The van der Waals surface area contributed by atoms with Crippen molar-refractivity contribution in [3.05, 3.63) is 48.6 Å². The van der Waals surface area contributed by atoms with E-state index in [4.69, 9.17) is 19.3 Å². The standard InChI is InChI=1S/C38H67O11P/c1-3-5-7-8-9-10-11-12-13-14-19-23-29-37(42)47-31-34(32-48-50(44,45)46)49-38(43)30-24-28-36(41)35(40)27-22-18-16-15-17-21-26-33(39)25-20-6-4-2/h15-18,21-22,26-27,33-36,39-41H,3-14,19-20,23-25,28-32H2,1-2H3,(H2,44,45,46)/b17-15-,18-16+,26-21+,27-22+/t33-,34+,35-,36-/m0/s1. The van der Waals surface area contributed by atoms with E-state index in [9.17, 15) is 29.5 Å². The normalized spacial score (nSPS) is 14.9. The number of unbranched alkanes of at least 4 members (excludes halogenated alkanes) is 13. The molecule has 0 aromatic heterocycles. The van der Waals surface area contributed by atoms with Crippen molar-refractivity contribution in [1.82, 2.24) is 0 Å². The number of aliphatic hydroxyl groups excluding tert-OH is 3. The molecular formula is C38H67O11P. The number of rotatable bonds is 33. The number of phosphoric acid groups is 1. The van der Waals surface area contributed by atoms with E-state index in [0.29, 0.717) is 6.42 Å². The Morgan fingerprint density at radius 2 is 1.10 bits per heavy atom. The summed E-state index contributed by atoms with van der Waals surface area (Å²) in [6.07, 6.45) is 27.8. The summed E-state index contributed by atoms with van der Waals surface area (Å²) < 4.78 is 26.1. The highest BCUT2D eigenvalue weighted by atomic mass is 31.2. The van der Waals surface area contributed by atoms with Gasteiger partial charge >= 0.3 is 19.8 Å². The van der Waals surface area contributed by atoms with Gasteiger partial charge in [0, 0.05) is 12.8 Å². The van der Waals surface area contributed by atoms with Gasteiger partial charge in [-0.25, -0.2) is 4.57 Å². The number of esters is 2. The van der Waals surface area contributed by atoms with Crippen molar-refractivity contribution in [2.75, 3.05) is 13.2 Å². The van der Waals surface area contributed by atoms with E-state index in [-0.39, 0.29) is 25.7 Å². The zero-order valence-corrected chi connectivity index (χ0v) is 31.5. The molecule has 0 rings (SSSR count). The summed E-state index contributed by atoms with van der Waals surface area (Å²) in [6, 6.07) is 0. The van der Waals surface area contributed by atoms with Crippen LogP contribution in [-0.4, -0.2) is 74.7 Å². The minimum Gasteiger partial charge on any atom is -0.462 e. The van der Waals surface area contributed by atoms with Crippen molar-refractivity contribution >= 4 is 19.8 Å². The van der Waals surface area contributed by atoms with Gasteiger partial charge in [0.25, 0.3) is 0 Å². The Labute approximate surface area is 301 Å². The number of allylic oxidation sites excluding steroid dienone is 6. The monoisotopic (exact) mass is 730 g/mol. The van der Waals surface area contributed by atoms with Gasteiger partial charge in [0.15, 0.2) is 6.10 Å². The molecular weight excluding hydrogens is 663 g/mol. The fourth-order valence-corrected chi connectivity index (χ4v) is 5.35. The topological polar surface area (TPSA) is 180 Å². The van der Waals surface area contributed by atoms with Crippen molar-refractivity contribution in [2.24, 2.45) is 0 Å². The molecule has 50 heavy (non-hydrogen) atoms. The summed E-state index contributed by atoms with van der Waals surface area (Å²) in [5.41, 5.74) is 0. The highest BCUT2D eigenvalue weighted by Gasteiger charge is 2.23. The molecule has 0 aliphatic carbocycles. The molecule has 290 valence electrons.